The van der Waals surface area contributed by atoms with Crippen molar-refractivity contribution in [2.24, 2.45) is 17.8 Å². The van der Waals surface area contributed by atoms with Crippen LogP contribution in [0.25, 0.3) is 0 Å². The third-order valence-corrected chi connectivity index (χ3v) is 6.24. The molecule has 1 amide bonds. The van der Waals surface area contributed by atoms with E-state index in [-0.39, 0.29) is 29.6 Å². The maximum atomic E-state index is 11.6. The average molecular weight is 504 g/mol. The number of carbonyl (C=O) groups is 4. The highest BCUT2D eigenvalue weighted by Crippen LogP contribution is 2.21. The zero-order valence-electron chi connectivity index (χ0n) is 22.1. The van der Waals surface area contributed by atoms with Crippen LogP contribution in [0.2, 0.25) is 0 Å². The molecule has 35 heavy (non-hydrogen) atoms. The Morgan fingerprint density at radius 2 is 1.69 bits per heavy atom. The van der Waals surface area contributed by atoms with Gasteiger partial charge in [-0.2, -0.15) is 0 Å². The van der Waals surface area contributed by atoms with Crippen molar-refractivity contribution in [1.82, 2.24) is 5.32 Å². The molecule has 1 aliphatic heterocycles. The Morgan fingerprint density at radius 1 is 1.06 bits per heavy atom. The second kappa shape index (κ2) is 21.3. The highest BCUT2D eigenvalue weighted by Gasteiger charge is 2.29. The molecule has 0 spiro atoms. The number of hydrogen-bond acceptors (Lipinski definition) is 6. The molecule has 1 saturated heterocycles. The van der Waals surface area contributed by atoms with E-state index in [0.29, 0.717) is 50.7 Å². The molecule has 2 fully saturated rings. The summed E-state index contributed by atoms with van der Waals surface area (Å²) < 4.78 is 5.27. The molecule has 0 radical (unpaired) electrons. The second-order valence-corrected chi connectivity index (χ2v) is 9.45. The van der Waals surface area contributed by atoms with E-state index in [2.05, 4.69) is 33.0 Å². The SMILES string of the molecule is CCCCC(C)CO.CCCCC(CC)COC(=O)C1CCC(=O)N1.O.O=C1CCC(C(=O)O)C1. The summed E-state index contributed by atoms with van der Waals surface area (Å²) >= 11 is 0. The maximum Gasteiger partial charge on any atom is 0.328 e. The highest BCUT2D eigenvalue weighted by molar-refractivity contribution is 5.88. The van der Waals surface area contributed by atoms with Crippen molar-refractivity contribution in [3.63, 3.8) is 0 Å². The predicted octanol–water partition coefficient (Wildman–Crippen LogP) is 3.45. The van der Waals surface area contributed by atoms with Gasteiger partial charge in [0.05, 0.1) is 12.5 Å². The lowest BCUT2D eigenvalue weighted by molar-refractivity contribution is -0.148. The van der Waals surface area contributed by atoms with E-state index >= 15 is 0 Å². The van der Waals surface area contributed by atoms with Gasteiger partial charge in [-0.25, -0.2) is 4.79 Å². The summed E-state index contributed by atoms with van der Waals surface area (Å²) in [4.78, 5) is 43.3. The van der Waals surface area contributed by atoms with Crippen LogP contribution in [0, 0.1) is 17.8 Å². The number of aliphatic hydroxyl groups is 1. The Bertz CT molecular complexity index is 610. The van der Waals surface area contributed by atoms with Crippen LogP contribution >= 0.6 is 0 Å². The molecule has 9 heteroatoms. The number of carbonyl (C=O) groups excluding carboxylic acids is 3. The Hall–Kier alpha value is -2.00. The number of hydrogen-bond donors (Lipinski definition) is 3. The number of unbranched alkanes of at least 4 members (excludes halogenated alkanes) is 2. The van der Waals surface area contributed by atoms with Crippen LogP contribution in [0.1, 0.15) is 105 Å². The minimum Gasteiger partial charge on any atom is -0.481 e. The largest absolute Gasteiger partial charge is 0.481 e. The van der Waals surface area contributed by atoms with Crippen molar-refractivity contribution >= 4 is 23.6 Å². The van der Waals surface area contributed by atoms with E-state index in [4.69, 9.17) is 14.9 Å². The van der Waals surface area contributed by atoms with E-state index in [0.717, 1.165) is 12.8 Å². The molecule has 0 bridgehead atoms. The monoisotopic (exact) mass is 503 g/mol. The summed E-state index contributed by atoms with van der Waals surface area (Å²) in [5.74, 6) is -0.498. The van der Waals surface area contributed by atoms with E-state index in [1.54, 1.807) is 0 Å². The number of carboxylic acid groups (broad SMARTS) is 1. The minimum absolute atomic E-state index is 0. The van der Waals surface area contributed by atoms with Gasteiger partial charge in [-0.05, 0) is 37.5 Å². The molecule has 2 aliphatic rings. The molecule has 206 valence electrons. The number of carboxylic acids is 1. The first kappa shape index (κ1) is 35.2. The number of nitrogens with one attached hydrogen (secondary N) is 1. The van der Waals surface area contributed by atoms with Crippen molar-refractivity contribution in [2.75, 3.05) is 13.2 Å². The van der Waals surface area contributed by atoms with Gasteiger partial charge in [0.15, 0.2) is 0 Å². The van der Waals surface area contributed by atoms with Crippen LogP contribution in [-0.4, -0.2) is 58.6 Å². The molecule has 1 saturated carbocycles. The van der Waals surface area contributed by atoms with Gasteiger partial charge < -0.3 is 25.7 Å². The molecular weight excluding hydrogens is 454 g/mol. The number of aliphatic carboxylic acids is 1. The fourth-order valence-electron chi connectivity index (χ4n) is 3.66. The van der Waals surface area contributed by atoms with Crippen molar-refractivity contribution in [3.05, 3.63) is 0 Å². The third kappa shape index (κ3) is 17.1. The summed E-state index contributed by atoms with van der Waals surface area (Å²) in [6.07, 6.45) is 10.4. The van der Waals surface area contributed by atoms with Gasteiger partial charge in [0.25, 0.3) is 0 Å². The number of aliphatic hydroxyl groups excluding tert-OH is 1. The molecule has 1 aliphatic carbocycles. The Balaban J connectivity index is 0. The van der Waals surface area contributed by atoms with Crippen LogP contribution in [0.15, 0.2) is 0 Å². The summed E-state index contributed by atoms with van der Waals surface area (Å²) in [6, 6.07) is -0.411. The van der Waals surface area contributed by atoms with Gasteiger partial charge in [-0.3, -0.25) is 14.4 Å². The molecule has 2 rings (SSSR count). The highest BCUT2D eigenvalue weighted by atomic mass is 16.5. The van der Waals surface area contributed by atoms with Gasteiger partial charge in [-0.15, -0.1) is 0 Å². The fraction of sp³-hybridized carbons (Fsp3) is 0.846. The first-order valence-corrected chi connectivity index (χ1v) is 13.0. The number of rotatable bonds is 12. The number of amides is 1. The number of esters is 1. The minimum atomic E-state index is -0.833. The van der Waals surface area contributed by atoms with Gasteiger partial charge in [0.2, 0.25) is 5.91 Å². The van der Waals surface area contributed by atoms with Crippen LogP contribution < -0.4 is 5.32 Å². The van der Waals surface area contributed by atoms with Crippen molar-refractivity contribution in [3.8, 4) is 0 Å². The molecule has 4 unspecified atom stereocenters. The van der Waals surface area contributed by atoms with Crippen LogP contribution in [0.3, 0.4) is 0 Å². The Morgan fingerprint density at radius 3 is 2.09 bits per heavy atom. The predicted molar refractivity (Wildman–Crippen MR) is 135 cm³/mol. The van der Waals surface area contributed by atoms with Gasteiger partial charge in [-0.1, -0.05) is 59.8 Å². The lowest BCUT2D eigenvalue weighted by atomic mass is 10.0. The molecule has 4 atom stereocenters. The van der Waals surface area contributed by atoms with Crippen LogP contribution in [-0.2, 0) is 23.9 Å². The summed E-state index contributed by atoms with van der Waals surface area (Å²) in [7, 11) is 0. The first-order chi connectivity index (χ1) is 16.2. The lowest BCUT2D eigenvalue weighted by Crippen LogP contribution is -2.35. The van der Waals surface area contributed by atoms with E-state index < -0.39 is 17.9 Å². The standard InChI is InChI=1S/C13H23NO3.C7H16O.C6H8O3.H2O/c1-3-5-6-10(4-2)9-17-13(16)11-7-8-12(15)14-11;1-3-4-5-7(2)6-8;7-5-2-1-4(3-5)6(8)9;/h10-11H,3-9H2,1-2H3,(H,14,15);7-8H,3-6H2,1-2H3;4H,1-3H2,(H,8,9);1H2. The molecule has 0 aromatic heterocycles. The molecule has 0 aromatic rings. The van der Waals surface area contributed by atoms with Crippen molar-refractivity contribution < 1.29 is 39.6 Å². The summed E-state index contributed by atoms with van der Waals surface area (Å²) in [5, 5.41) is 19.6. The smallest absolute Gasteiger partial charge is 0.328 e. The van der Waals surface area contributed by atoms with Gasteiger partial charge in [0, 0.05) is 25.9 Å². The number of Topliss-reactive ketones (excluding diaryl/α,β-unsaturated/α-hetero) is 1. The molecule has 5 N–H and O–H groups in total. The summed E-state index contributed by atoms with van der Waals surface area (Å²) in [5.41, 5.74) is 0. The quantitative estimate of drug-likeness (QED) is 0.344. The maximum absolute atomic E-state index is 11.6. The second-order valence-electron chi connectivity index (χ2n) is 9.45. The lowest BCUT2D eigenvalue weighted by Gasteiger charge is -2.16. The van der Waals surface area contributed by atoms with E-state index in [1.807, 2.05) is 0 Å². The summed E-state index contributed by atoms with van der Waals surface area (Å²) in [6.45, 7) is 9.36. The number of ketones is 1. The third-order valence-electron chi connectivity index (χ3n) is 6.24. The first-order valence-electron chi connectivity index (χ1n) is 13.0. The van der Waals surface area contributed by atoms with Gasteiger partial charge in [0.1, 0.15) is 11.8 Å². The van der Waals surface area contributed by atoms with Crippen molar-refractivity contribution in [1.29, 1.82) is 0 Å². The number of ether oxygens (including phenoxy) is 1. The van der Waals surface area contributed by atoms with Crippen molar-refractivity contribution in [2.45, 2.75) is 111 Å². The molecule has 0 aromatic carbocycles. The van der Waals surface area contributed by atoms with E-state index in [9.17, 15) is 19.2 Å². The average Bonchev–Trinajstić information content (AvgIpc) is 3.46. The van der Waals surface area contributed by atoms with Crippen LogP contribution in [0.5, 0.6) is 0 Å². The zero-order chi connectivity index (χ0) is 25.9. The molecular formula is C26H49NO8. The molecule has 1 heterocycles. The van der Waals surface area contributed by atoms with Crippen LogP contribution in [0.4, 0.5) is 0 Å². The van der Waals surface area contributed by atoms with Gasteiger partial charge >= 0.3 is 11.9 Å². The fourth-order valence-corrected chi connectivity index (χ4v) is 3.66. The normalized spacial score (nSPS) is 20.3. The Labute approximate surface area is 210 Å². The zero-order valence-corrected chi connectivity index (χ0v) is 22.1. The van der Waals surface area contributed by atoms with E-state index in [1.165, 1.54) is 32.1 Å². The topological polar surface area (TPSA) is 161 Å². The molecule has 9 nitrogen and oxygen atoms in total. The Kier molecular flexibility index (Phi) is 21.4.